The fourth-order valence-corrected chi connectivity index (χ4v) is 5.83. The van der Waals surface area contributed by atoms with E-state index >= 15 is 0 Å². The van der Waals surface area contributed by atoms with Crippen molar-refractivity contribution in [1.82, 2.24) is 30.1 Å². The van der Waals surface area contributed by atoms with Crippen molar-refractivity contribution < 1.29 is 31.7 Å². The Morgan fingerprint density at radius 3 is 2.71 bits per heavy atom. The third-order valence-electron chi connectivity index (χ3n) is 6.73. The lowest BCUT2D eigenvalue weighted by Crippen LogP contribution is -2.49. The quantitative estimate of drug-likeness (QED) is 0.438. The number of rotatable bonds is 6. The molecule has 2 N–H and O–H groups in total. The monoisotopic (exact) mass is 456 g/mol. The van der Waals surface area contributed by atoms with Crippen molar-refractivity contribution in [3.8, 4) is 0 Å². The molecule has 13 nitrogen and oxygen atoms in total. The topological polar surface area (TPSA) is 147 Å². The fraction of sp³-hybridized carbons (Fsp3) is 0.706. The Morgan fingerprint density at radius 2 is 1.97 bits per heavy atom. The SMILES string of the molecule is CN1C2CCC1c1c2c(CONC(=O)[C@@H]2CC[C@@H]3CN2C(=O)N3OS(=O)(=O)O)nn1C. The Bertz CT molecular complexity index is 1040. The third kappa shape index (κ3) is 3.29. The highest BCUT2D eigenvalue weighted by Crippen LogP contribution is 2.52. The molecule has 4 aliphatic rings. The fourth-order valence-electron chi connectivity index (χ4n) is 5.44. The zero-order valence-corrected chi connectivity index (χ0v) is 17.9. The maximum Gasteiger partial charge on any atom is 0.418 e. The van der Waals surface area contributed by atoms with Crippen LogP contribution in [0.15, 0.2) is 0 Å². The molecule has 1 aromatic rings. The number of carbonyl (C=O) groups excluding carboxylic acids is 2. The molecule has 3 saturated heterocycles. The van der Waals surface area contributed by atoms with Crippen molar-refractivity contribution in [2.75, 3.05) is 13.6 Å². The lowest BCUT2D eigenvalue weighted by atomic mass is 9.96. The highest BCUT2D eigenvalue weighted by Gasteiger charge is 2.49. The van der Waals surface area contributed by atoms with Gasteiger partial charge in [-0.05, 0) is 32.7 Å². The summed E-state index contributed by atoms with van der Waals surface area (Å²) in [6.07, 6.45) is 2.83. The van der Waals surface area contributed by atoms with E-state index in [4.69, 9.17) is 9.39 Å². The van der Waals surface area contributed by atoms with Gasteiger partial charge in [-0.15, -0.1) is 4.28 Å². The number of amides is 3. The smallest absolute Gasteiger partial charge is 0.309 e. The first-order valence-electron chi connectivity index (χ1n) is 10.1. The van der Waals surface area contributed by atoms with Crippen LogP contribution in [0.2, 0.25) is 0 Å². The van der Waals surface area contributed by atoms with Gasteiger partial charge in [0.05, 0.1) is 23.5 Å². The highest BCUT2D eigenvalue weighted by molar-refractivity contribution is 7.80. The second-order valence-electron chi connectivity index (χ2n) is 8.41. The normalized spacial score (nSPS) is 29.7. The molecule has 3 fully saturated rings. The Morgan fingerprint density at radius 1 is 1.23 bits per heavy atom. The summed E-state index contributed by atoms with van der Waals surface area (Å²) in [5.41, 5.74) is 5.55. The van der Waals surface area contributed by atoms with Crippen LogP contribution >= 0.6 is 0 Å². The minimum atomic E-state index is -4.83. The molecule has 0 aromatic carbocycles. The number of hydrogen-bond donors (Lipinski definition) is 2. The van der Waals surface area contributed by atoms with Gasteiger partial charge in [-0.2, -0.15) is 18.6 Å². The summed E-state index contributed by atoms with van der Waals surface area (Å²) >= 11 is 0. The van der Waals surface area contributed by atoms with Crippen LogP contribution in [0, 0.1) is 0 Å². The first-order chi connectivity index (χ1) is 14.7. The van der Waals surface area contributed by atoms with Crippen LogP contribution in [-0.2, 0) is 38.0 Å². The number of fused-ring (bicyclic) bond motifs is 7. The van der Waals surface area contributed by atoms with Gasteiger partial charge in [0.15, 0.2) is 0 Å². The molecule has 31 heavy (non-hydrogen) atoms. The van der Waals surface area contributed by atoms with Crippen molar-refractivity contribution >= 4 is 22.3 Å². The summed E-state index contributed by atoms with van der Waals surface area (Å²) in [7, 11) is -0.817. The molecule has 1 aromatic heterocycles. The van der Waals surface area contributed by atoms with Crippen molar-refractivity contribution in [3.63, 3.8) is 0 Å². The largest absolute Gasteiger partial charge is 0.418 e. The van der Waals surface area contributed by atoms with E-state index in [0.717, 1.165) is 18.5 Å². The molecule has 0 aliphatic carbocycles. The van der Waals surface area contributed by atoms with Gasteiger partial charge in [-0.25, -0.2) is 10.3 Å². The predicted octanol–water partition coefficient (Wildman–Crippen LogP) is -0.208. The molecule has 170 valence electrons. The maximum absolute atomic E-state index is 12.6. The molecule has 4 atom stereocenters. The van der Waals surface area contributed by atoms with Crippen molar-refractivity contribution in [3.05, 3.63) is 17.0 Å². The molecular weight excluding hydrogens is 432 g/mol. The number of carbonyl (C=O) groups is 2. The second kappa shape index (κ2) is 7.13. The van der Waals surface area contributed by atoms with E-state index in [-0.39, 0.29) is 13.2 Å². The molecule has 2 unspecified atom stereocenters. The number of nitrogens with one attached hydrogen (secondary N) is 1. The van der Waals surface area contributed by atoms with Crippen LogP contribution in [-0.4, -0.2) is 75.2 Å². The summed E-state index contributed by atoms with van der Waals surface area (Å²) < 4.78 is 37.1. The van der Waals surface area contributed by atoms with Gasteiger partial charge in [0.1, 0.15) is 12.6 Å². The van der Waals surface area contributed by atoms with Gasteiger partial charge in [0, 0.05) is 25.2 Å². The summed E-state index contributed by atoms with van der Waals surface area (Å²) in [5, 5.41) is 5.16. The van der Waals surface area contributed by atoms with Gasteiger partial charge in [0.25, 0.3) is 5.91 Å². The number of aryl methyl sites for hydroxylation is 1. The Kier molecular flexibility index (Phi) is 4.75. The number of aromatic nitrogens is 2. The number of hydroxylamine groups is 3. The van der Waals surface area contributed by atoms with Gasteiger partial charge < -0.3 is 4.90 Å². The van der Waals surface area contributed by atoms with E-state index in [1.165, 1.54) is 16.2 Å². The Hall–Kier alpha value is -2.26. The highest BCUT2D eigenvalue weighted by atomic mass is 32.3. The zero-order chi connectivity index (χ0) is 22.1. The lowest BCUT2D eigenvalue weighted by Gasteiger charge is -2.28. The predicted molar refractivity (Wildman–Crippen MR) is 102 cm³/mol. The van der Waals surface area contributed by atoms with Gasteiger partial charge >= 0.3 is 16.4 Å². The van der Waals surface area contributed by atoms with Gasteiger partial charge in [-0.1, -0.05) is 0 Å². The molecule has 0 spiro atoms. The average Bonchev–Trinajstić information content (AvgIpc) is 3.38. The lowest BCUT2D eigenvalue weighted by molar-refractivity contribution is -0.140. The zero-order valence-electron chi connectivity index (χ0n) is 17.1. The van der Waals surface area contributed by atoms with Crippen LogP contribution in [0.3, 0.4) is 0 Å². The Balaban J connectivity index is 1.21. The number of piperidine rings is 1. The molecule has 4 bridgehead atoms. The van der Waals surface area contributed by atoms with E-state index in [0.29, 0.717) is 30.0 Å². The maximum atomic E-state index is 12.6. The second-order valence-corrected chi connectivity index (χ2v) is 9.41. The van der Waals surface area contributed by atoms with Crippen molar-refractivity contribution in [2.24, 2.45) is 7.05 Å². The molecule has 5 rings (SSSR count). The van der Waals surface area contributed by atoms with E-state index in [1.54, 1.807) is 0 Å². The Labute approximate surface area is 178 Å². The minimum absolute atomic E-state index is 0.104. The summed E-state index contributed by atoms with van der Waals surface area (Å²) in [6.45, 7) is 0.225. The van der Waals surface area contributed by atoms with Crippen LogP contribution in [0.25, 0.3) is 0 Å². The first kappa shape index (κ1) is 20.6. The first-order valence-corrected chi connectivity index (χ1v) is 11.5. The number of urea groups is 1. The van der Waals surface area contributed by atoms with Crippen LogP contribution in [0.4, 0.5) is 4.79 Å². The summed E-state index contributed by atoms with van der Waals surface area (Å²) in [5.74, 6) is -0.508. The molecule has 3 amide bonds. The van der Waals surface area contributed by atoms with E-state index < -0.39 is 34.4 Å². The van der Waals surface area contributed by atoms with E-state index in [9.17, 15) is 18.0 Å². The molecule has 4 aliphatic heterocycles. The van der Waals surface area contributed by atoms with Gasteiger partial charge in [0.2, 0.25) is 0 Å². The van der Waals surface area contributed by atoms with E-state index in [1.807, 2.05) is 11.7 Å². The van der Waals surface area contributed by atoms with Crippen LogP contribution in [0.1, 0.15) is 54.7 Å². The average molecular weight is 456 g/mol. The summed E-state index contributed by atoms with van der Waals surface area (Å²) in [4.78, 5) is 34.1. The molecule has 0 radical (unpaired) electrons. The summed E-state index contributed by atoms with van der Waals surface area (Å²) in [6, 6.07) is -1.49. The molecule has 0 saturated carbocycles. The van der Waals surface area contributed by atoms with E-state index in [2.05, 4.69) is 26.8 Å². The van der Waals surface area contributed by atoms with Crippen LogP contribution in [0.5, 0.6) is 0 Å². The van der Waals surface area contributed by atoms with Crippen LogP contribution < -0.4 is 5.48 Å². The number of hydrogen-bond acceptors (Lipinski definition) is 8. The van der Waals surface area contributed by atoms with Crippen molar-refractivity contribution in [1.29, 1.82) is 0 Å². The standard InChI is InChI=1S/C17H24N6O7S/c1-20-11-5-6-12(20)15-14(11)10(18-21(15)2)8-29-19-16(24)13-4-3-9-7-22(13)17(25)23(9)30-31(26,27)28/h9,11-13H,3-8H2,1-2H3,(H,19,24)(H,26,27,28)/t9-,11?,12?,13+/m1/s1. The third-order valence-corrected chi connectivity index (χ3v) is 7.08. The minimum Gasteiger partial charge on any atom is -0.309 e. The number of nitrogens with zero attached hydrogens (tertiary/aromatic N) is 5. The molecule has 5 heterocycles. The van der Waals surface area contributed by atoms with Gasteiger partial charge in [-0.3, -0.25) is 23.8 Å². The molecular formula is C17H24N6O7S. The molecule has 14 heteroatoms. The van der Waals surface area contributed by atoms with Crippen molar-refractivity contribution in [2.45, 2.75) is 56.5 Å².